The number of carboxylic acid groups (broad SMARTS) is 1. The molecule has 0 aromatic heterocycles. The van der Waals surface area contributed by atoms with E-state index in [2.05, 4.69) is 63.2 Å². The second kappa shape index (κ2) is 9.71. The molecular weight excluding hydrogens is 400 g/mol. The van der Waals surface area contributed by atoms with Crippen molar-refractivity contribution < 1.29 is 9.90 Å². The van der Waals surface area contributed by atoms with Gasteiger partial charge in [0.25, 0.3) is 0 Å². The lowest BCUT2D eigenvalue weighted by Gasteiger charge is -2.27. The first-order valence-electron chi connectivity index (χ1n) is 10.1. The van der Waals surface area contributed by atoms with Crippen LogP contribution in [0.25, 0.3) is 6.08 Å². The summed E-state index contributed by atoms with van der Waals surface area (Å²) in [4.78, 5) is 17.4. The molecular formula is C26H26N4O2. The summed E-state index contributed by atoms with van der Waals surface area (Å²) in [6.07, 6.45) is 1.37. The predicted molar refractivity (Wildman–Crippen MR) is 131 cm³/mol. The van der Waals surface area contributed by atoms with Gasteiger partial charge in [0, 0.05) is 56.6 Å². The van der Waals surface area contributed by atoms with Gasteiger partial charge in [-0.15, -0.1) is 0 Å². The molecule has 0 spiro atoms. The van der Waals surface area contributed by atoms with Gasteiger partial charge in [0.05, 0.1) is 0 Å². The van der Waals surface area contributed by atoms with Crippen LogP contribution in [0.2, 0.25) is 0 Å². The first-order chi connectivity index (χ1) is 15.3. The zero-order valence-corrected chi connectivity index (χ0v) is 18.6. The maximum atomic E-state index is 11.1. The van der Waals surface area contributed by atoms with Gasteiger partial charge in [-0.25, -0.2) is 4.79 Å². The number of nitriles is 1. The van der Waals surface area contributed by atoms with Crippen LogP contribution < -0.4 is 14.7 Å². The summed E-state index contributed by atoms with van der Waals surface area (Å²) >= 11 is 0. The third-order valence-electron chi connectivity index (χ3n) is 5.06. The number of carboxylic acids is 1. The van der Waals surface area contributed by atoms with Crippen molar-refractivity contribution in [1.82, 2.24) is 0 Å². The standard InChI is InChI=1S/C26H26N4O2/c1-28(2)21-9-13-24(14-10-21)30(25-15-11-22(12-16-25)29(3)4)23-7-5-19(6-8-23)17-20(18-27)26(31)32/h5-17H,1-4H3,(H,31,32)/b20-17+. The van der Waals surface area contributed by atoms with E-state index in [1.54, 1.807) is 6.07 Å². The van der Waals surface area contributed by atoms with Crippen molar-refractivity contribution in [2.45, 2.75) is 0 Å². The zero-order valence-electron chi connectivity index (χ0n) is 18.6. The van der Waals surface area contributed by atoms with Crippen molar-refractivity contribution in [2.75, 3.05) is 42.9 Å². The van der Waals surface area contributed by atoms with Crippen LogP contribution in [-0.2, 0) is 4.79 Å². The van der Waals surface area contributed by atoms with Crippen LogP contribution in [0.15, 0.2) is 78.4 Å². The van der Waals surface area contributed by atoms with Crippen LogP contribution in [0, 0.1) is 11.3 Å². The summed E-state index contributed by atoms with van der Waals surface area (Å²) in [6.45, 7) is 0. The quantitative estimate of drug-likeness (QED) is 0.409. The molecule has 0 aliphatic rings. The molecule has 0 bridgehead atoms. The molecule has 6 nitrogen and oxygen atoms in total. The Kier molecular flexibility index (Phi) is 6.81. The summed E-state index contributed by atoms with van der Waals surface area (Å²) in [7, 11) is 8.02. The Balaban J connectivity index is 2.04. The van der Waals surface area contributed by atoms with Gasteiger partial charge in [-0.05, 0) is 72.3 Å². The average Bonchev–Trinajstić information content (AvgIpc) is 2.79. The molecule has 162 valence electrons. The number of aliphatic carboxylic acids is 1. The number of rotatable bonds is 7. The minimum atomic E-state index is -1.24. The van der Waals surface area contributed by atoms with Gasteiger partial charge in [0.2, 0.25) is 0 Å². The summed E-state index contributed by atoms with van der Waals surface area (Å²) in [5.41, 5.74) is 5.49. The van der Waals surface area contributed by atoms with Crippen LogP contribution in [0.4, 0.5) is 28.4 Å². The molecule has 0 saturated carbocycles. The molecule has 0 fully saturated rings. The number of anilines is 5. The summed E-state index contributed by atoms with van der Waals surface area (Å²) in [5.74, 6) is -1.24. The molecule has 0 unspecified atom stereocenters. The third-order valence-corrected chi connectivity index (χ3v) is 5.06. The van der Waals surface area contributed by atoms with Crippen LogP contribution in [0.1, 0.15) is 5.56 Å². The predicted octanol–water partition coefficient (Wildman–Crippen LogP) is 5.28. The van der Waals surface area contributed by atoms with E-state index in [0.717, 1.165) is 28.4 Å². The normalized spacial score (nSPS) is 10.9. The third kappa shape index (κ3) is 5.08. The molecule has 0 saturated heterocycles. The van der Waals surface area contributed by atoms with Gasteiger partial charge in [-0.3, -0.25) is 0 Å². The Morgan fingerprint density at radius 2 is 1.06 bits per heavy atom. The lowest BCUT2D eigenvalue weighted by atomic mass is 10.1. The maximum absolute atomic E-state index is 11.1. The van der Waals surface area contributed by atoms with Crippen molar-refractivity contribution in [3.8, 4) is 6.07 Å². The summed E-state index contributed by atoms with van der Waals surface area (Å²) in [6, 6.07) is 25.7. The van der Waals surface area contributed by atoms with Crippen molar-refractivity contribution in [1.29, 1.82) is 5.26 Å². The minimum absolute atomic E-state index is 0.298. The lowest BCUT2D eigenvalue weighted by molar-refractivity contribution is -0.132. The first kappa shape index (κ1) is 22.4. The Hall–Kier alpha value is -4.24. The fourth-order valence-corrected chi connectivity index (χ4v) is 3.28. The van der Waals surface area contributed by atoms with E-state index in [1.165, 1.54) is 6.08 Å². The summed E-state index contributed by atoms with van der Waals surface area (Å²) in [5, 5.41) is 18.1. The monoisotopic (exact) mass is 426 g/mol. The number of hydrogen-bond acceptors (Lipinski definition) is 5. The molecule has 0 heterocycles. The number of carbonyl (C=O) groups is 1. The highest BCUT2D eigenvalue weighted by Gasteiger charge is 2.13. The van der Waals surface area contributed by atoms with Crippen molar-refractivity contribution >= 4 is 40.5 Å². The Bertz CT molecular complexity index is 1090. The second-order valence-corrected chi connectivity index (χ2v) is 7.72. The van der Waals surface area contributed by atoms with Gasteiger partial charge >= 0.3 is 5.97 Å². The summed E-state index contributed by atoms with van der Waals surface area (Å²) < 4.78 is 0. The lowest BCUT2D eigenvalue weighted by Crippen LogP contribution is -2.12. The van der Waals surface area contributed by atoms with Gasteiger partial charge in [0.1, 0.15) is 11.6 Å². The molecule has 3 aromatic rings. The van der Waals surface area contributed by atoms with Crippen LogP contribution in [0.3, 0.4) is 0 Å². The number of hydrogen-bond donors (Lipinski definition) is 1. The Labute approximate surface area is 188 Å². The molecule has 0 radical (unpaired) electrons. The van der Waals surface area contributed by atoms with Crippen molar-refractivity contribution in [3.63, 3.8) is 0 Å². The molecule has 6 heteroatoms. The van der Waals surface area contributed by atoms with E-state index in [4.69, 9.17) is 10.4 Å². The molecule has 3 rings (SSSR count). The molecule has 0 aliphatic carbocycles. The minimum Gasteiger partial charge on any atom is -0.477 e. The van der Waals surface area contributed by atoms with Gasteiger partial charge < -0.3 is 19.8 Å². The van der Waals surface area contributed by atoms with Crippen LogP contribution in [0.5, 0.6) is 0 Å². The van der Waals surface area contributed by atoms with Crippen LogP contribution in [-0.4, -0.2) is 39.3 Å². The first-order valence-corrected chi connectivity index (χ1v) is 10.1. The van der Waals surface area contributed by atoms with Crippen molar-refractivity contribution in [2.24, 2.45) is 0 Å². The molecule has 0 amide bonds. The van der Waals surface area contributed by atoms with Crippen LogP contribution >= 0.6 is 0 Å². The van der Waals surface area contributed by atoms with E-state index in [9.17, 15) is 4.79 Å². The highest BCUT2D eigenvalue weighted by molar-refractivity contribution is 5.96. The fraction of sp³-hybridized carbons (Fsp3) is 0.154. The highest BCUT2D eigenvalue weighted by atomic mass is 16.4. The van der Waals surface area contributed by atoms with E-state index < -0.39 is 5.97 Å². The Morgan fingerprint density at radius 1 is 0.719 bits per heavy atom. The zero-order chi connectivity index (χ0) is 23.3. The van der Waals surface area contributed by atoms with Gasteiger partial charge in [-0.1, -0.05) is 12.1 Å². The molecule has 1 N–H and O–H groups in total. The largest absolute Gasteiger partial charge is 0.477 e. The molecule has 0 atom stereocenters. The van der Waals surface area contributed by atoms with Gasteiger partial charge in [-0.2, -0.15) is 5.26 Å². The number of nitrogens with zero attached hydrogens (tertiary/aromatic N) is 4. The SMILES string of the molecule is CN(C)c1ccc(N(c2ccc(/C=C(\C#N)C(=O)O)cc2)c2ccc(N(C)C)cc2)cc1. The van der Waals surface area contributed by atoms with Gasteiger partial charge in [0.15, 0.2) is 0 Å². The van der Waals surface area contributed by atoms with Crippen molar-refractivity contribution in [3.05, 3.63) is 83.9 Å². The van der Waals surface area contributed by atoms with E-state index >= 15 is 0 Å². The molecule has 3 aromatic carbocycles. The highest BCUT2D eigenvalue weighted by Crippen LogP contribution is 2.36. The number of benzene rings is 3. The second-order valence-electron chi connectivity index (χ2n) is 7.72. The average molecular weight is 427 g/mol. The smallest absolute Gasteiger partial charge is 0.346 e. The van der Waals surface area contributed by atoms with E-state index in [-0.39, 0.29) is 5.57 Å². The molecule has 32 heavy (non-hydrogen) atoms. The van der Waals surface area contributed by atoms with E-state index in [1.807, 2.05) is 52.5 Å². The van der Waals surface area contributed by atoms with E-state index in [0.29, 0.717) is 5.56 Å². The fourth-order valence-electron chi connectivity index (χ4n) is 3.28. The maximum Gasteiger partial charge on any atom is 0.346 e. The Morgan fingerprint density at radius 3 is 1.38 bits per heavy atom. The molecule has 0 aliphatic heterocycles. The topological polar surface area (TPSA) is 70.8 Å².